The maximum Gasteiger partial charge on any atom is 0.248 e. The number of carbonyl (C=O) groups is 1. The minimum atomic E-state index is -0.465. The minimum absolute atomic E-state index is 0.420. The number of nitrogens with two attached hydrogens (primary N) is 1. The number of primary amides is 1. The predicted octanol–water partition coefficient (Wildman–Crippen LogP) is 3.31. The number of halogens is 1. The number of amides is 1. The molecule has 2 aromatic rings. The summed E-state index contributed by atoms with van der Waals surface area (Å²) in [5.74, 6) is -0.465. The molecule has 4 N–H and O–H groups in total. The van der Waals surface area contributed by atoms with E-state index in [4.69, 9.17) is 29.6 Å². The van der Waals surface area contributed by atoms with Gasteiger partial charge in [0.15, 0.2) is 5.11 Å². The molecule has 7 heteroatoms. The molecular weight excluding hydrogens is 332 g/mol. The Hall–Kier alpha value is -2.31. The number of carbonyl (C=O) groups excluding carboxylic acids is 1. The normalized spacial score (nSPS) is 10.0. The van der Waals surface area contributed by atoms with Gasteiger partial charge in [-0.25, -0.2) is 0 Å². The van der Waals surface area contributed by atoms with Crippen molar-refractivity contribution in [1.29, 1.82) is 0 Å². The van der Waals surface area contributed by atoms with Gasteiger partial charge in [-0.1, -0.05) is 11.6 Å². The highest BCUT2D eigenvalue weighted by molar-refractivity contribution is 7.80. The standard InChI is InChI=1S/C16H17ClN4OS/c1-21(2)14-8-11(17)7-13(9-14)20-16(23)19-12-5-3-10(4-6-12)15(18)22/h3-9H,1-2H3,(H2,18,22)(H2,19,20,23). The molecule has 0 saturated heterocycles. The average Bonchev–Trinajstić information content (AvgIpc) is 2.46. The number of anilines is 3. The lowest BCUT2D eigenvalue weighted by Gasteiger charge is -2.16. The van der Waals surface area contributed by atoms with Crippen molar-refractivity contribution in [2.24, 2.45) is 5.73 Å². The third kappa shape index (κ3) is 4.84. The van der Waals surface area contributed by atoms with E-state index in [0.717, 1.165) is 17.1 Å². The highest BCUT2D eigenvalue weighted by atomic mass is 35.5. The van der Waals surface area contributed by atoms with Gasteiger partial charge in [-0.3, -0.25) is 4.79 Å². The molecule has 0 spiro atoms. The van der Waals surface area contributed by atoms with Crippen molar-refractivity contribution in [1.82, 2.24) is 0 Å². The molecule has 0 radical (unpaired) electrons. The second-order valence-corrected chi connectivity index (χ2v) is 5.96. The van der Waals surface area contributed by atoms with Crippen molar-refractivity contribution in [2.45, 2.75) is 0 Å². The molecule has 5 nitrogen and oxygen atoms in total. The zero-order valence-corrected chi connectivity index (χ0v) is 14.3. The van der Waals surface area contributed by atoms with Crippen LogP contribution in [0.25, 0.3) is 0 Å². The number of thiocarbonyl (C=S) groups is 1. The van der Waals surface area contributed by atoms with Gasteiger partial charge in [0.2, 0.25) is 5.91 Å². The second kappa shape index (κ2) is 7.30. The van der Waals surface area contributed by atoms with Crippen LogP contribution in [0.2, 0.25) is 5.02 Å². The summed E-state index contributed by atoms with van der Waals surface area (Å²) < 4.78 is 0. The lowest BCUT2D eigenvalue weighted by molar-refractivity contribution is 0.100. The van der Waals surface area contributed by atoms with E-state index in [-0.39, 0.29) is 0 Å². The predicted molar refractivity (Wildman–Crippen MR) is 101 cm³/mol. The highest BCUT2D eigenvalue weighted by Gasteiger charge is 2.05. The van der Waals surface area contributed by atoms with Crippen LogP contribution in [0.4, 0.5) is 17.1 Å². The first-order valence-corrected chi connectivity index (χ1v) is 7.59. The lowest BCUT2D eigenvalue weighted by atomic mass is 10.2. The summed E-state index contributed by atoms with van der Waals surface area (Å²) in [5.41, 5.74) is 8.15. The van der Waals surface area contributed by atoms with Crippen molar-refractivity contribution in [3.05, 3.63) is 53.1 Å². The van der Waals surface area contributed by atoms with E-state index in [9.17, 15) is 4.79 Å². The van der Waals surface area contributed by atoms with Crippen LogP contribution in [0.3, 0.4) is 0 Å². The summed E-state index contributed by atoms with van der Waals surface area (Å²) in [7, 11) is 3.87. The fourth-order valence-electron chi connectivity index (χ4n) is 1.92. The van der Waals surface area contributed by atoms with Crippen LogP contribution >= 0.6 is 23.8 Å². The number of nitrogens with zero attached hydrogens (tertiary/aromatic N) is 1. The van der Waals surface area contributed by atoms with Crippen molar-refractivity contribution in [3.8, 4) is 0 Å². The number of benzene rings is 2. The molecule has 0 atom stereocenters. The van der Waals surface area contributed by atoms with Crippen LogP contribution in [0.5, 0.6) is 0 Å². The molecule has 2 rings (SSSR count). The second-order valence-electron chi connectivity index (χ2n) is 5.11. The molecule has 0 aromatic heterocycles. The molecule has 0 aliphatic heterocycles. The fraction of sp³-hybridized carbons (Fsp3) is 0.125. The van der Waals surface area contributed by atoms with Gasteiger partial charge in [-0.2, -0.15) is 0 Å². The van der Waals surface area contributed by atoms with Gasteiger partial charge in [0.1, 0.15) is 0 Å². The Morgan fingerprint density at radius 2 is 1.70 bits per heavy atom. The lowest BCUT2D eigenvalue weighted by Crippen LogP contribution is -2.19. The number of rotatable bonds is 4. The molecule has 0 aliphatic rings. The van der Waals surface area contributed by atoms with E-state index < -0.39 is 5.91 Å². The van der Waals surface area contributed by atoms with Crippen molar-refractivity contribution in [2.75, 3.05) is 29.6 Å². The Kier molecular flexibility index (Phi) is 5.41. The Labute approximate surface area is 145 Å². The summed E-state index contributed by atoms with van der Waals surface area (Å²) in [4.78, 5) is 13.0. The average molecular weight is 349 g/mol. The molecule has 1 amide bonds. The maximum atomic E-state index is 11.0. The maximum absolute atomic E-state index is 11.0. The Morgan fingerprint density at radius 3 is 2.26 bits per heavy atom. The smallest absolute Gasteiger partial charge is 0.248 e. The van der Waals surface area contributed by atoms with Gasteiger partial charge in [0.25, 0.3) is 0 Å². The van der Waals surface area contributed by atoms with Gasteiger partial charge in [0.05, 0.1) is 0 Å². The molecule has 0 aliphatic carbocycles. The fourth-order valence-corrected chi connectivity index (χ4v) is 2.38. The highest BCUT2D eigenvalue weighted by Crippen LogP contribution is 2.24. The van der Waals surface area contributed by atoms with Gasteiger partial charge >= 0.3 is 0 Å². The Balaban J connectivity index is 2.06. The third-order valence-electron chi connectivity index (χ3n) is 3.08. The van der Waals surface area contributed by atoms with Gasteiger partial charge in [-0.15, -0.1) is 0 Å². The van der Waals surface area contributed by atoms with Gasteiger partial charge in [-0.05, 0) is 54.7 Å². The Morgan fingerprint density at radius 1 is 1.09 bits per heavy atom. The van der Waals surface area contributed by atoms with Crippen LogP contribution in [0, 0.1) is 0 Å². The first kappa shape index (κ1) is 17.1. The van der Waals surface area contributed by atoms with Crippen molar-refractivity contribution in [3.63, 3.8) is 0 Å². The van der Waals surface area contributed by atoms with Gasteiger partial charge in [0, 0.05) is 41.7 Å². The SMILES string of the molecule is CN(C)c1cc(Cl)cc(NC(=S)Nc2ccc(C(N)=O)cc2)c1. The van der Waals surface area contributed by atoms with Crippen LogP contribution in [0.15, 0.2) is 42.5 Å². The largest absolute Gasteiger partial charge is 0.378 e. The molecule has 2 aromatic carbocycles. The van der Waals surface area contributed by atoms with E-state index in [1.807, 2.05) is 31.1 Å². The zero-order chi connectivity index (χ0) is 17.0. The minimum Gasteiger partial charge on any atom is -0.378 e. The summed E-state index contributed by atoms with van der Waals surface area (Å²) in [5, 5.41) is 7.16. The summed E-state index contributed by atoms with van der Waals surface area (Å²) in [6.07, 6.45) is 0. The molecular formula is C16H17ClN4OS. The molecule has 0 bridgehead atoms. The van der Waals surface area contributed by atoms with Crippen molar-refractivity contribution < 1.29 is 4.79 Å². The molecule has 0 fully saturated rings. The first-order valence-electron chi connectivity index (χ1n) is 6.81. The summed E-state index contributed by atoms with van der Waals surface area (Å²) in [6, 6.07) is 12.3. The summed E-state index contributed by atoms with van der Waals surface area (Å²) in [6.45, 7) is 0. The zero-order valence-electron chi connectivity index (χ0n) is 12.8. The molecule has 23 heavy (non-hydrogen) atoms. The van der Waals surface area contributed by atoms with Crippen LogP contribution in [-0.2, 0) is 0 Å². The Bertz CT molecular complexity index is 731. The molecule has 0 saturated carbocycles. The van der Waals surface area contributed by atoms with E-state index in [1.54, 1.807) is 30.3 Å². The molecule has 120 valence electrons. The van der Waals surface area contributed by atoms with E-state index in [1.165, 1.54) is 0 Å². The first-order chi connectivity index (χ1) is 10.8. The van der Waals surface area contributed by atoms with E-state index in [0.29, 0.717) is 15.7 Å². The monoisotopic (exact) mass is 348 g/mol. The van der Waals surface area contributed by atoms with E-state index >= 15 is 0 Å². The molecule has 0 heterocycles. The summed E-state index contributed by atoms with van der Waals surface area (Å²) >= 11 is 11.4. The topological polar surface area (TPSA) is 70.4 Å². The number of hydrogen-bond acceptors (Lipinski definition) is 3. The quantitative estimate of drug-likeness (QED) is 0.739. The van der Waals surface area contributed by atoms with E-state index in [2.05, 4.69) is 10.6 Å². The number of nitrogens with one attached hydrogen (secondary N) is 2. The van der Waals surface area contributed by atoms with Crippen LogP contribution in [0.1, 0.15) is 10.4 Å². The van der Waals surface area contributed by atoms with Gasteiger partial charge < -0.3 is 21.3 Å². The van der Waals surface area contributed by atoms with Crippen molar-refractivity contribution >= 4 is 51.9 Å². The molecule has 0 unspecified atom stereocenters. The third-order valence-corrected chi connectivity index (χ3v) is 3.51. The van der Waals surface area contributed by atoms with Crippen LogP contribution < -0.4 is 21.3 Å². The number of hydrogen-bond donors (Lipinski definition) is 3. The van der Waals surface area contributed by atoms with Crippen LogP contribution in [-0.4, -0.2) is 25.1 Å².